The van der Waals surface area contributed by atoms with Gasteiger partial charge in [0.25, 0.3) is 0 Å². The Hall–Kier alpha value is -2.28. The summed E-state index contributed by atoms with van der Waals surface area (Å²) < 4.78 is 5.05. The number of carbonyl (C=O) groups is 1. The maximum Gasteiger partial charge on any atom is 0.322 e. The Kier molecular flexibility index (Phi) is 4.62. The third kappa shape index (κ3) is 3.31. The van der Waals surface area contributed by atoms with Crippen LogP contribution in [0.4, 0.5) is 16.2 Å². The van der Waals surface area contributed by atoms with Gasteiger partial charge in [-0.2, -0.15) is 4.98 Å². The van der Waals surface area contributed by atoms with E-state index in [4.69, 9.17) is 16.1 Å². The molecule has 7 nitrogen and oxygen atoms in total. The Bertz CT molecular complexity index is 746. The van der Waals surface area contributed by atoms with Crippen molar-refractivity contribution >= 4 is 29.0 Å². The van der Waals surface area contributed by atoms with Crippen molar-refractivity contribution < 1.29 is 9.32 Å². The van der Waals surface area contributed by atoms with E-state index in [1.165, 1.54) is 0 Å². The van der Waals surface area contributed by atoms with E-state index in [1.807, 2.05) is 25.1 Å². The van der Waals surface area contributed by atoms with E-state index in [2.05, 4.69) is 15.5 Å². The molecule has 0 aliphatic carbocycles. The number of carbonyl (C=O) groups excluding carboxylic acids is 1. The molecule has 2 amide bonds. The zero-order valence-corrected chi connectivity index (χ0v) is 14.7. The van der Waals surface area contributed by atoms with Gasteiger partial charge in [-0.25, -0.2) is 4.79 Å². The first-order valence-corrected chi connectivity index (χ1v) is 8.18. The molecule has 1 fully saturated rings. The van der Waals surface area contributed by atoms with Crippen LogP contribution in [-0.2, 0) is 0 Å². The lowest BCUT2D eigenvalue weighted by molar-refractivity contribution is 0.204. The molecule has 24 heavy (non-hydrogen) atoms. The normalized spacial score (nSPS) is 17.2. The SMILES string of the molecule is Cc1nc([C@@H]2CCCN2C(=O)Nc2cc(Cl)ccc2N(C)C)no1. The van der Waals surface area contributed by atoms with Crippen LogP contribution < -0.4 is 10.2 Å². The molecule has 1 aliphatic heterocycles. The van der Waals surface area contributed by atoms with Gasteiger partial charge in [0.15, 0.2) is 5.82 Å². The van der Waals surface area contributed by atoms with Crippen molar-refractivity contribution in [3.05, 3.63) is 34.9 Å². The van der Waals surface area contributed by atoms with E-state index in [0.717, 1.165) is 18.5 Å². The third-order valence-corrected chi connectivity index (χ3v) is 4.27. The first-order valence-electron chi connectivity index (χ1n) is 7.80. The number of amides is 2. The fraction of sp³-hybridized carbons (Fsp3) is 0.438. The standard InChI is InChI=1S/C16H20ClN5O2/c1-10-18-15(20-24-10)14-5-4-8-22(14)16(23)19-12-9-11(17)6-7-13(12)21(2)3/h6-7,9,14H,4-5,8H2,1-3H3,(H,19,23)/t14-/m0/s1. The van der Waals surface area contributed by atoms with Crippen molar-refractivity contribution in [1.82, 2.24) is 15.0 Å². The molecule has 2 heterocycles. The molecule has 1 N–H and O–H groups in total. The maximum atomic E-state index is 12.8. The first kappa shape index (κ1) is 16.6. The van der Waals surface area contributed by atoms with Crippen molar-refractivity contribution in [2.24, 2.45) is 0 Å². The van der Waals surface area contributed by atoms with Gasteiger partial charge >= 0.3 is 6.03 Å². The van der Waals surface area contributed by atoms with E-state index in [0.29, 0.717) is 29.0 Å². The van der Waals surface area contributed by atoms with Crippen molar-refractivity contribution in [3.8, 4) is 0 Å². The lowest BCUT2D eigenvalue weighted by Gasteiger charge is -2.24. The van der Waals surface area contributed by atoms with E-state index >= 15 is 0 Å². The predicted octanol–water partition coefficient (Wildman–Crippen LogP) is 3.47. The quantitative estimate of drug-likeness (QED) is 0.918. The van der Waals surface area contributed by atoms with Crippen LogP contribution in [0.1, 0.15) is 30.6 Å². The topological polar surface area (TPSA) is 74.5 Å². The summed E-state index contributed by atoms with van der Waals surface area (Å²) >= 11 is 6.08. The summed E-state index contributed by atoms with van der Waals surface area (Å²) in [6, 6.07) is 5.07. The van der Waals surface area contributed by atoms with Crippen molar-refractivity contribution in [3.63, 3.8) is 0 Å². The number of anilines is 2. The molecular formula is C16H20ClN5O2. The third-order valence-electron chi connectivity index (χ3n) is 4.04. The summed E-state index contributed by atoms with van der Waals surface area (Å²) in [6.07, 6.45) is 1.73. The largest absolute Gasteiger partial charge is 0.376 e. The van der Waals surface area contributed by atoms with Gasteiger partial charge in [-0.15, -0.1) is 0 Å². The smallest absolute Gasteiger partial charge is 0.322 e. The molecule has 1 atom stereocenters. The number of nitrogens with zero attached hydrogens (tertiary/aromatic N) is 4. The molecule has 0 bridgehead atoms. The van der Waals surface area contributed by atoms with Crippen molar-refractivity contribution in [1.29, 1.82) is 0 Å². The van der Waals surface area contributed by atoms with Crippen LogP contribution in [0.3, 0.4) is 0 Å². The number of halogens is 1. The number of aryl methyl sites for hydroxylation is 1. The highest BCUT2D eigenvalue weighted by Crippen LogP contribution is 2.32. The number of hydrogen-bond donors (Lipinski definition) is 1. The van der Waals surface area contributed by atoms with Gasteiger partial charge in [-0.1, -0.05) is 16.8 Å². The summed E-state index contributed by atoms with van der Waals surface area (Å²) in [7, 11) is 3.83. The number of aromatic nitrogens is 2. The molecule has 0 spiro atoms. The van der Waals surface area contributed by atoms with E-state index in [-0.39, 0.29) is 12.1 Å². The van der Waals surface area contributed by atoms with Crippen LogP contribution in [0.25, 0.3) is 0 Å². The van der Waals surface area contributed by atoms with Gasteiger partial charge in [0, 0.05) is 32.6 Å². The van der Waals surface area contributed by atoms with Gasteiger partial charge in [-0.05, 0) is 31.0 Å². The number of likely N-dealkylation sites (tertiary alicyclic amines) is 1. The van der Waals surface area contributed by atoms with Crippen LogP contribution in [-0.4, -0.2) is 41.7 Å². The van der Waals surface area contributed by atoms with Crippen molar-refractivity contribution in [2.75, 3.05) is 30.9 Å². The van der Waals surface area contributed by atoms with Gasteiger partial charge in [0.05, 0.1) is 17.4 Å². The van der Waals surface area contributed by atoms with E-state index in [9.17, 15) is 4.79 Å². The minimum absolute atomic E-state index is 0.163. The summed E-state index contributed by atoms with van der Waals surface area (Å²) in [5.41, 5.74) is 1.56. The second-order valence-electron chi connectivity index (χ2n) is 6.01. The molecule has 3 rings (SSSR count). The average Bonchev–Trinajstić information content (AvgIpc) is 3.15. The van der Waals surface area contributed by atoms with Crippen LogP contribution in [0.2, 0.25) is 5.02 Å². The number of rotatable bonds is 3. The van der Waals surface area contributed by atoms with E-state index in [1.54, 1.807) is 24.0 Å². The lowest BCUT2D eigenvalue weighted by atomic mass is 10.2. The summed E-state index contributed by atoms with van der Waals surface area (Å²) in [4.78, 5) is 20.7. The average molecular weight is 350 g/mol. The van der Waals surface area contributed by atoms with Crippen LogP contribution in [0, 0.1) is 6.92 Å². The van der Waals surface area contributed by atoms with Gasteiger partial charge < -0.3 is 19.6 Å². The fourth-order valence-electron chi connectivity index (χ4n) is 2.91. The molecule has 0 unspecified atom stereocenters. The Balaban J connectivity index is 1.81. The lowest BCUT2D eigenvalue weighted by Crippen LogP contribution is -2.35. The maximum absolute atomic E-state index is 12.8. The van der Waals surface area contributed by atoms with Crippen LogP contribution in [0.5, 0.6) is 0 Å². The molecule has 1 saturated heterocycles. The van der Waals surface area contributed by atoms with Crippen LogP contribution >= 0.6 is 11.6 Å². The van der Waals surface area contributed by atoms with Crippen molar-refractivity contribution in [2.45, 2.75) is 25.8 Å². The van der Waals surface area contributed by atoms with E-state index < -0.39 is 0 Å². The molecular weight excluding hydrogens is 330 g/mol. The molecule has 1 aromatic heterocycles. The zero-order chi connectivity index (χ0) is 17.3. The molecule has 0 radical (unpaired) electrons. The molecule has 1 aromatic carbocycles. The molecule has 0 saturated carbocycles. The molecule has 1 aliphatic rings. The summed E-state index contributed by atoms with van der Waals surface area (Å²) in [5.74, 6) is 1.06. The van der Waals surface area contributed by atoms with Gasteiger partial charge in [0.1, 0.15) is 0 Å². The second-order valence-corrected chi connectivity index (χ2v) is 6.45. The Labute approximate surface area is 145 Å². The second kappa shape index (κ2) is 6.68. The van der Waals surface area contributed by atoms with Crippen LogP contribution in [0.15, 0.2) is 22.7 Å². The highest BCUT2D eigenvalue weighted by Gasteiger charge is 2.33. The zero-order valence-electron chi connectivity index (χ0n) is 13.9. The first-order chi connectivity index (χ1) is 11.5. The summed E-state index contributed by atoms with van der Waals surface area (Å²) in [5, 5.41) is 7.49. The highest BCUT2D eigenvalue weighted by atomic mass is 35.5. The minimum Gasteiger partial charge on any atom is -0.376 e. The monoisotopic (exact) mass is 349 g/mol. The predicted molar refractivity (Wildman–Crippen MR) is 92.5 cm³/mol. The molecule has 8 heteroatoms. The number of benzene rings is 1. The molecule has 2 aromatic rings. The minimum atomic E-state index is -0.190. The number of hydrogen-bond acceptors (Lipinski definition) is 5. The Morgan fingerprint density at radius 3 is 2.92 bits per heavy atom. The van der Waals surface area contributed by atoms with Gasteiger partial charge in [-0.3, -0.25) is 0 Å². The summed E-state index contributed by atoms with van der Waals surface area (Å²) in [6.45, 7) is 2.40. The number of nitrogens with one attached hydrogen (secondary N) is 1. The van der Waals surface area contributed by atoms with Gasteiger partial charge in [0.2, 0.25) is 5.89 Å². The highest BCUT2D eigenvalue weighted by molar-refractivity contribution is 6.31. The Morgan fingerprint density at radius 1 is 1.46 bits per heavy atom. The number of urea groups is 1. The molecule has 128 valence electrons. The fourth-order valence-corrected chi connectivity index (χ4v) is 3.09. The Morgan fingerprint density at radius 2 is 2.25 bits per heavy atom.